The maximum Gasteiger partial charge on any atom is 0.220 e. The van der Waals surface area contributed by atoms with Gasteiger partial charge in [0.1, 0.15) is 0 Å². The van der Waals surface area contributed by atoms with Crippen molar-refractivity contribution in [1.82, 2.24) is 5.32 Å². The average molecular weight is 186 g/mol. The molecule has 0 aromatic carbocycles. The summed E-state index contributed by atoms with van der Waals surface area (Å²) in [5.41, 5.74) is 5.70. The van der Waals surface area contributed by atoms with Gasteiger partial charge in [-0.25, -0.2) is 0 Å². The molecule has 3 heteroatoms. The van der Waals surface area contributed by atoms with Gasteiger partial charge in [0.15, 0.2) is 0 Å². The average Bonchev–Trinajstić information content (AvgIpc) is 1.95. The molecule has 0 saturated heterocycles. The molecule has 13 heavy (non-hydrogen) atoms. The van der Waals surface area contributed by atoms with E-state index in [9.17, 15) is 4.79 Å². The van der Waals surface area contributed by atoms with Gasteiger partial charge in [0.05, 0.1) is 0 Å². The molecule has 0 spiro atoms. The van der Waals surface area contributed by atoms with E-state index in [-0.39, 0.29) is 17.4 Å². The highest BCUT2D eigenvalue weighted by molar-refractivity contribution is 5.75. The van der Waals surface area contributed by atoms with Gasteiger partial charge in [-0.1, -0.05) is 20.8 Å². The predicted molar refractivity (Wildman–Crippen MR) is 55.3 cm³/mol. The van der Waals surface area contributed by atoms with Crippen molar-refractivity contribution >= 4 is 5.91 Å². The molecule has 0 bridgehead atoms. The van der Waals surface area contributed by atoms with Crippen molar-refractivity contribution in [2.75, 3.05) is 6.54 Å². The topological polar surface area (TPSA) is 55.1 Å². The van der Waals surface area contributed by atoms with Gasteiger partial charge in [-0.2, -0.15) is 0 Å². The van der Waals surface area contributed by atoms with Crippen LogP contribution in [0.1, 0.15) is 40.5 Å². The minimum atomic E-state index is 0.104. The Morgan fingerprint density at radius 3 is 2.38 bits per heavy atom. The normalized spacial score (nSPS) is 13.9. The maximum atomic E-state index is 11.2. The van der Waals surface area contributed by atoms with Gasteiger partial charge < -0.3 is 11.1 Å². The molecule has 0 aromatic heterocycles. The van der Waals surface area contributed by atoms with E-state index >= 15 is 0 Å². The SMILES string of the molecule is CC(N)CCC(=O)NCC(C)(C)C. The number of amides is 1. The van der Waals surface area contributed by atoms with Crippen LogP contribution in [0.5, 0.6) is 0 Å². The Balaban J connectivity index is 3.53. The van der Waals surface area contributed by atoms with Crippen molar-refractivity contribution < 1.29 is 4.79 Å². The van der Waals surface area contributed by atoms with Crippen LogP contribution in [-0.4, -0.2) is 18.5 Å². The zero-order valence-corrected chi connectivity index (χ0v) is 9.18. The van der Waals surface area contributed by atoms with Gasteiger partial charge in [-0.3, -0.25) is 4.79 Å². The van der Waals surface area contributed by atoms with Crippen LogP contribution < -0.4 is 11.1 Å². The summed E-state index contributed by atoms with van der Waals surface area (Å²) in [6, 6.07) is 0.111. The van der Waals surface area contributed by atoms with Gasteiger partial charge in [0, 0.05) is 19.0 Å². The molecule has 0 aromatic rings. The molecule has 1 atom stereocenters. The van der Waals surface area contributed by atoms with E-state index in [4.69, 9.17) is 5.73 Å². The number of carbonyl (C=O) groups excluding carboxylic acids is 1. The number of hydrogen-bond acceptors (Lipinski definition) is 2. The third-order valence-electron chi connectivity index (χ3n) is 1.64. The minimum Gasteiger partial charge on any atom is -0.356 e. The molecule has 0 fully saturated rings. The number of carbonyl (C=O) groups is 1. The first-order valence-electron chi connectivity index (χ1n) is 4.83. The summed E-state index contributed by atoms with van der Waals surface area (Å²) in [6.07, 6.45) is 1.30. The molecule has 3 nitrogen and oxygen atoms in total. The van der Waals surface area contributed by atoms with Crippen LogP contribution >= 0.6 is 0 Å². The summed E-state index contributed by atoms with van der Waals surface area (Å²) >= 11 is 0. The lowest BCUT2D eigenvalue weighted by Gasteiger charge is -2.18. The van der Waals surface area contributed by atoms with Gasteiger partial charge in [0.2, 0.25) is 5.91 Å². The number of hydrogen-bond donors (Lipinski definition) is 2. The van der Waals surface area contributed by atoms with Gasteiger partial charge in [-0.05, 0) is 18.8 Å². The zero-order valence-electron chi connectivity index (χ0n) is 9.18. The molecule has 0 heterocycles. The van der Waals surface area contributed by atoms with Crippen molar-refractivity contribution in [2.45, 2.75) is 46.6 Å². The van der Waals surface area contributed by atoms with Crippen LogP contribution in [-0.2, 0) is 4.79 Å². The van der Waals surface area contributed by atoms with Crippen LogP contribution in [0, 0.1) is 5.41 Å². The highest BCUT2D eigenvalue weighted by atomic mass is 16.1. The zero-order chi connectivity index (χ0) is 10.5. The van der Waals surface area contributed by atoms with Crippen molar-refractivity contribution in [3.05, 3.63) is 0 Å². The highest BCUT2D eigenvalue weighted by Gasteiger charge is 2.11. The van der Waals surface area contributed by atoms with E-state index in [1.54, 1.807) is 0 Å². The summed E-state index contributed by atoms with van der Waals surface area (Å²) in [6.45, 7) is 8.93. The first kappa shape index (κ1) is 12.4. The third kappa shape index (κ3) is 9.34. The first-order chi connectivity index (χ1) is 5.81. The van der Waals surface area contributed by atoms with Crippen LogP contribution in [0.25, 0.3) is 0 Å². The second kappa shape index (κ2) is 5.22. The summed E-state index contributed by atoms with van der Waals surface area (Å²) in [7, 11) is 0. The summed E-state index contributed by atoms with van der Waals surface area (Å²) < 4.78 is 0. The first-order valence-corrected chi connectivity index (χ1v) is 4.83. The van der Waals surface area contributed by atoms with E-state index in [1.807, 2.05) is 6.92 Å². The molecule has 3 N–H and O–H groups in total. The number of nitrogens with two attached hydrogens (primary N) is 1. The lowest BCUT2D eigenvalue weighted by Crippen LogP contribution is -2.33. The van der Waals surface area contributed by atoms with E-state index in [1.165, 1.54) is 0 Å². The fourth-order valence-electron chi connectivity index (χ4n) is 0.811. The fraction of sp³-hybridized carbons (Fsp3) is 0.900. The Bertz CT molecular complexity index is 159. The van der Waals surface area contributed by atoms with Gasteiger partial charge in [0.25, 0.3) is 0 Å². The lowest BCUT2D eigenvalue weighted by molar-refractivity contribution is -0.121. The van der Waals surface area contributed by atoms with Crippen molar-refractivity contribution in [3.63, 3.8) is 0 Å². The van der Waals surface area contributed by atoms with E-state index in [0.717, 1.165) is 13.0 Å². The maximum absolute atomic E-state index is 11.2. The minimum absolute atomic E-state index is 0.104. The quantitative estimate of drug-likeness (QED) is 0.695. The van der Waals surface area contributed by atoms with E-state index in [0.29, 0.717) is 6.42 Å². The Labute approximate surface area is 81.1 Å². The molecule has 78 valence electrons. The Hall–Kier alpha value is -0.570. The highest BCUT2D eigenvalue weighted by Crippen LogP contribution is 2.10. The van der Waals surface area contributed by atoms with Crippen molar-refractivity contribution in [1.29, 1.82) is 0 Å². The molecular weight excluding hydrogens is 164 g/mol. The second-order valence-corrected chi connectivity index (χ2v) is 4.85. The van der Waals surface area contributed by atoms with E-state index in [2.05, 4.69) is 26.1 Å². The molecule has 0 aliphatic rings. The van der Waals surface area contributed by atoms with Crippen molar-refractivity contribution in [2.24, 2.45) is 11.1 Å². The Morgan fingerprint density at radius 1 is 1.46 bits per heavy atom. The molecule has 0 aliphatic carbocycles. The molecule has 0 aliphatic heterocycles. The van der Waals surface area contributed by atoms with Crippen LogP contribution in [0.2, 0.25) is 0 Å². The monoisotopic (exact) mass is 186 g/mol. The van der Waals surface area contributed by atoms with E-state index < -0.39 is 0 Å². The predicted octanol–water partition coefficient (Wildman–Crippen LogP) is 1.28. The largest absolute Gasteiger partial charge is 0.356 e. The number of rotatable bonds is 4. The lowest BCUT2D eigenvalue weighted by atomic mass is 9.97. The molecular formula is C10H22N2O. The molecule has 0 rings (SSSR count). The van der Waals surface area contributed by atoms with Gasteiger partial charge in [-0.15, -0.1) is 0 Å². The van der Waals surface area contributed by atoms with Crippen LogP contribution in [0.15, 0.2) is 0 Å². The van der Waals surface area contributed by atoms with Crippen LogP contribution in [0.4, 0.5) is 0 Å². The summed E-state index contributed by atoms with van der Waals surface area (Å²) in [4.78, 5) is 11.2. The number of nitrogens with one attached hydrogen (secondary N) is 1. The van der Waals surface area contributed by atoms with Gasteiger partial charge >= 0.3 is 0 Å². The fourth-order valence-corrected chi connectivity index (χ4v) is 0.811. The third-order valence-corrected chi connectivity index (χ3v) is 1.64. The smallest absolute Gasteiger partial charge is 0.220 e. The van der Waals surface area contributed by atoms with Crippen LogP contribution in [0.3, 0.4) is 0 Å². The molecule has 0 saturated carbocycles. The summed E-state index contributed by atoms with van der Waals surface area (Å²) in [5.74, 6) is 0.104. The molecule has 1 unspecified atom stereocenters. The Morgan fingerprint density at radius 2 is 2.00 bits per heavy atom. The standard InChI is InChI=1S/C10H22N2O/c1-8(11)5-6-9(13)12-7-10(2,3)4/h8H,5-7,11H2,1-4H3,(H,12,13). The molecule has 1 amide bonds. The second-order valence-electron chi connectivity index (χ2n) is 4.85. The molecule has 0 radical (unpaired) electrons. The summed E-state index contributed by atoms with van der Waals surface area (Å²) in [5, 5.41) is 2.88. The Kier molecular flexibility index (Phi) is 4.99. The van der Waals surface area contributed by atoms with Crippen molar-refractivity contribution in [3.8, 4) is 0 Å².